The van der Waals surface area contributed by atoms with E-state index < -0.39 is 5.41 Å². The third-order valence-electron chi connectivity index (χ3n) is 5.04. The molecule has 0 radical (unpaired) electrons. The van der Waals surface area contributed by atoms with Crippen LogP contribution in [-0.4, -0.2) is 15.9 Å². The lowest BCUT2D eigenvalue weighted by Crippen LogP contribution is -2.18. The van der Waals surface area contributed by atoms with Crippen LogP contribution >= 0.6 is 0 Å². The van der Waals surface area contributed by atoms with Gasteiger partial charge in [0.05, 0.1) is 5.41 Å². The van der Waals surface area contributed by atoms with Gasteiger partial charge in [0.2, 0.25) is 5.89 Å². The molecule has 1 heterocycles. The SMILES string of the molecule is CC(=O)C1(c2nc(C3(c4ccc(C)cc4)CC3)no2)CC1. The summed E-state index contributed by atoms with van der Waals surface area (Å²) in [6, 6.07) is 8.54. The third-order valence-corrected chi connectivity index (χ3v) is 5.04. The summed E-state index contributed by atoms with van der Waals surface area (Å²) >= 11 is 0. The van der Waals surface area contributed by atoms with Crippen molar-refractivity contribution in [2.75, 3.05) is 0 Å². The van der Waals surface area contributed by atoms with Crippen molar-refractivity contribution in [3.63, 3.8) is 0 Å². The number of ketones is 1. The van der Waals surface area contributed by atoms with E-state index in [1.54, 1.807) is 6.92 Å². The fraction of sp³-hybridized carbons (Fsp3) is 0.471. The standard InChI is InChI=1S/C17H18N2O2/c1-11-3-5-13(6-4-11)17(9-10-17)14-18-15(21-19-14)16(7-8-16)12(2)20/h3-6H,7-10H2,1-2H3. The molecular weight excluding hydrogens is 264 g/mol. The Morgan fingerprint density at radius 3 is 2.33 bits per heavy atom. The average molecular weight is 282 g/mol. The average Bonchev–Trinajstić information content (AvgIpc) is 3.39. The molecule has 0 unspecified atom stereocenters. The van der Waals surface area contributed by atoms with Crippen molar-refractivity contribution in [3.05, 3.63) is 47.1 Å². The van der Waals surface area contributed by atoms with Gasteiger partial charge in [-0.1, -0.05) is 35.0 Å². The van der Waals surface area contributed by atoms with Crippen LogP contribution in [0.4, 0.5) is 0 Å². The second-order valence-corrected chi connectivity index (χ2v) is 6.51. The van der Waals surface area contributed by atoms with Crippen LogP contribution in [0.1, 0.15) is 55.4 Å². The summed E-state index contributed by atoms with van der Waals surface area (Å²) in [4.78, 5) is 16.4. The zero-order valence-electron chi connectivity index (χ0n) is 12.3. The zero-order valence-corrected chi connectivity index (χ0v) is 12.3. The summed E-state index contributed by atoms with van der Waals surface area (Å²) in [5, 5.41) is 4.20. The molecule has 2 aromatic rings. The van der Waals surface area contributed by atoms with Crippen LogP contribution in [0.5, 0.6) is 0 Å². The Labute approximate surface area is 123 Å². The van der Waals surface area contributed by atoms with Crippen molar-refractivity contribution in [3.8, 4) is 0 Å². The minimum atomic E-state index is -0.478. The molecule has 21 heavy (non-hydrogen) atoms. The molecule has 4 rings (SSSR count). The molecule has 0 atom stereocenters. The lowest BCUT2D eigenvalue weighted by Gasteiger charge is -2.11. The number of hydrogen-bond donors (Lipinski definition) is 0. The third kappa shape index (κ3) is 1.78. The van der Waals surface area contributed by atoms with Gasteiger partial charge in [0, 0.05) is 0 Å². The summed E-state index contributed by atoms with van der Waals surface area (Å²) in [6.07, 6.45) is 3.76. The van der Waals surface area contributed by atoms with E-state index in [1.165, 1.54) is 11.1 Å². The Bertz CT molecular complexity index is 707. The minimum Gasteiger partial charge on any atom is -0.338 e. The van der Waals surface area contributed by atoms with Crippen LogP contribution in [0.25, 0.3) is 0 Å². The molecule has 1 aromatic carbocycles. The number of carbonyl (C=O) groups is 1. The van der Waals surface area contributed by atoms with Gasteiger partial charge in [0.15, 0.2) is 5.82 Å². The maximum absolute atomic E-state index is 11.8. The highest BCUT2D eigenvalue weighted by molar-refractivity contribution is 5.89. The van der Waals surface area contributed by atoms with Gasteiger partial charge in [-0.05, 0) is 45.1 Å². The van der Waals surface area contributed by atoms with Crippen LogP contribution in [0, 0.1) is 6.92 Å². The predicted molar refractivity (Wildman–Crippen MR) is 77.1 cm³/mol. The van der Waals surface area contributed by atoms with E-state index >= 15 is 0 Å². The highest BCUT2D eigenvalue weighted by Crippen LogP contribution is 2.54. The van der Waals surface area contributed by atoms with Crippen LogP contribution in [0.3, 0.4) is 0 Å². The smallest absolute Gasteiger partial charge is 0.240 e. The van der Waals surface area contributed by atoms with Crippen molar-refractivity contribution in [1.82, 2.24) is 10.1 Å². The second kappa shape index (κ2) is 4.03. The van der Waals surface area contributed by atoms with Gasteiger partial charge in [-0.2, -0.15) is 4.98 Å². The first-order valence-corrected chi connectivity index (χ1v) is 7.50. The van der Waals surface area contributed by atoms with Gasteiger partial charge >= 0.3 is 0 Å². The van der Waals surface area contributed by atoms with E-state index in [0.29, 0.717) is 5.89 Å². The number of hydrogen-bond acceptors (Lipinski definition) is 4. The molecule has 4 nitrogen and oxygen atoms in total. The number of nitrogens with zero attached hydrogens (tertiary/aromatic N) is 2. The van der Waals surface area contributed by atoms with Crippen LogP contribution < -0.4 is 0 Å². The molecule has 2 aliphatic rings. The number of aryl methyl sites for hydroxylation is 1. The molecule has 0 N–H and O–H groups in total. The number of benzene rings is 1. The van der Waals surface area contributed by atoms with E-state index in [1.807, 2.05) is 0 Å². The molecule has 1 aromatic heterocycles. The van der Waals surface area contributed by atoms with Crippen molar-refractivity contribution >= 4 is 5.78 Å². The molecule has 0 amide bonds. The number of aromatic nitrogens is 2. The molecule has 0 aliphatic heterocycles. The Morgan fingerprint density at radius 2 is 1.81 bits per heavy atom. The maximum atomic E-state index is 11.8. The number of carbonyl (C=O) groups excluding carboxylic acids is 1. The molecule has 2 fully saturated rings. The monoisotopic (exact) mass is 282 g/mol. The maximum Gasteiger partial charge on any atom is 0.240 e. The van der Waals surface area contributed by atoms with E-state index in [9.17, 15) is 4.79 Å². The number of Topliss-reactive ketones (excluding diaryl/α,β-unsaturated/α-hetero) is 1. The van der Waals surface area contributed by atoms with E-state index in [4.69, 9.17) is 4.52 Å². The Balaban J connectivity index is 1.70. The topological polar surface area (TPSA) is 56.0 Å². The summed E-state index contributed by atoms with van der Waals surface area (Å²) in [5.41, 5.74) is 1.92. The molecule has 2 aliphatic carbocycles. The van der Waals surface area contributed by atoms with E-state index in [0.717, 1.165) is 31.5 Å². The lowest BCUT2D eigenvalue weighted by molar-refractivity contribution is -0.119. The first kappa shape index (κ1) is 12.7. The second-order valence-electron chi connectivity index (χ2n) is 6.51. The van der Waals surface area contributed by atoms with Crippen molar-refractivity contribution in [1.29, 1.82) is 0 Å². The summed E-state index contributed by atoms with van der Waals surface area (Å²) in [6.45, 7) is 3.70. The molecule has 0 saturated heterocycles. The quantitative estimate of drug-likeness (QED) is 0.864. The summed E-state index contributed by atoms with van der Waals surface area (Å²) in [5.74, 6) is 1.40. The fourth-order valence-electron chi connectivity index (χ4n) is 3.09. The van der Waals surface area contributed by atoms with Gasteiger partial charge in [0.1, 0.15) is 11.2 Å². The lowest BCUT2D eigenvalue weighted by atomic mass is 9.94. The Hall–Kier alpha value is -1.97. The predicted octanol–water partition coefficient (Wildman–Crippen LogP) is 3.08. The van der Waals surface area contributed by atoms with Crippen molar-refractivity contribution in [2.24, 2.45) is 0 Å². The van der Waals surface area contributed by atoms with Gasteiger partial charge in [-0.15, -0.1) is 0 Å². The molecule has 108 valence electrons. The molecule has 0 spiro atoms. The summed E-state index contributed by atoms with van der Waals surface area (Å²) < 4.78 is 5.44. The molecule has 2 saturated carbocycles. The van der Waals surface area contributed by atoms with Crippen LogP contribution in [0.15, 0.2) is 28.8 Å². The summed E-state index contributed by atoms with van der Waals surface area (Å²) in [7, 11) is 0. The molecular formula is C17H18N2O2. The van der Waals surface area contributed by atoms with Gasteiger partial charge in [0.25, 0.3) is 0 Å². The molecule has 0 bridgehead atoms. The fourth-order valence-corrected chi connectivity index (χ4v) is 3.09. The Kier molecular flexibility index (Phi) is 2.44. The van der Waals surface area contributed by atoms with Crippen LogP contribution in [0.2, 0.25) is 0 Å². The molecule has 4 heteroatoms. The van der Waals surface area contributed by atoms with Gasteiger partial charge in [-0.3, -0.25) is 4.79 Å². The van der Waals surface area contributed by atoms with Crippen molar-refractivity contribution in [2.45, 2.75) is 50.4 Å². The van der Waals surface area contributed by atoms with Gasteiger partial charge < -0.3 is 4.52 Å². The normalized spacial score (nSPS) is 21.0. The van der Waals surface area contributed by atoms with Crippen molar-refractivity contribution < 1.29 is 9.32 Å². The highest BCUT2D eigenvalue weighted by atomic mass is 16.5. The van der Waals surface area contributed by atoms with E-state index in [-0.39, 0.29) is 11.2 Å². The minimum absolute atomic E-state index is 0.0949. The Morgan fingerprint density at radius 1 is 1.14 bits per heavy atom. The zero-order chi connectivity index (χ0) is 14.7. The van der Waals surface area contributed by atoms with Gasteiger partial charge in [-0.25, -0.2) is 0 Å². The first-order chi connectivity index (χ1) is 10.1. The van der Waals surface area contributed by atoms with E-state index in [2.05, 4.69) is 41.3 Å². The van der Waals surface area contributed by atoms with Crippen LogP contribution in [-0.2, 0) is 15.6 Å². The first-order valence-electron chi connectivity index (χ1n) is 7.50. The largest absolute Gasteiger partial charge is 0.338 e. The number of rotatable bonds is 4. The highest BCUT2D eigenvalue weighted by Gasteiger charge is 2.56.